The third-order valence-electron chi connectivity index (χ3n) is 4.58. The summed E-state index contributed by atoms with van der Waals surface area (Å²) in [7, 11) is -4.02. The van der Waals surface area contributed by atoms with E-state index in [0.717, 1.165) is 5.56 Å². The Labute approximate surface area is 150 Å². The van der Waals surface area contributed by atoms with Crippen molar-refractivity contribution >= 4 is 27.4 Å². The molecule has 0 unspecified atom stereocenters. The first kappa shape index (κ1) is 17.5. The summed E-state index contributed by atoms with van der Waals surface area (Å²) in [6.45, 7) is 1.87. The van der Waals surface area contributed by atoms with Crippen molar-refractivity contribution in [3.63, 3.8) is 0 Å². The molecule has 2 aromatic carbocycles. The Balaban J connectivity index is 2.12. The van der Waals surface area contributed by atoms with Gasteiger partial charge in [-0.25, -0.2) is 8.42 Å². The number of hydrogen-bond donors (Lipinski definition) is 1. The molecule has 25 heavy (non-hydrogen) atoms. The van der Waals surface area contributed by atoms with E-state index in [9.17, 15) is 23.6 Å². The second-order valence-corrected chi connectivity index (χ2v) is 8.60. The van der Waals surface area contributed by atoms with E-state index >= 15 is 0 Å². The largest absolute Gasteiger partial charge is 0.480 e. The van der Waals surface area contributed by atoms with E-state index in [4.69, 9.17) is 11.6 Å². The summed E-state index contributed by atoms with van der Waals surface area (Å²) in [5.41, 5.74) is -0.509. The number of benzene rings is 2. The molecule has 0 saturated heterocycles. The van der Waals surface area contributed by atoms with E-state index < -0.39 is 32.4 Å². The van der Waals surface area contributed by atoms with E-state index in [1.54, 1.807) is 30.3 Å². The van der Waals surface area contributed by atoms with Crippen LogP contribution >= 0.6 is 11.6 Å². The molecule has 1 aliphatic carbocycles. The van der Waals surface area contributed by atoms with Crippen molar-refractivity contribution in [3.05, 3.63) is 64.7 Å². The van der Waals surface area contributed by atoms with Gasteiger partial charge < -0.3 is 5.11 Å². The molecule has 0 heterocycles. The number of carbonyl (C=O) groups is 1. The van der Waals surface area contributed by atoms with Crippen molar-refractivity contribution in [2.75, 3.05) is 0 Å². The van der Waals surface area contributed by atoms with Gasteiger partial charge in [0.2, 0.25) is 0 Å². The first-order valence-corrected chi connectivity index (χ1v) is 9.38. The maximum atomic E-state index is 13.0. The number of carboxylic acid groups (broad SMARTS) is 1. The van der Waals surface area contributed by atoms with Crippen molar-refractivity contribution in [2.45, 2.75) is 23.0 Å². The van der Waals surface area contributed by atoms with E-state index in [1.807, 2.05) is 6.92 Å². The molecular formula is C18H14ClNO4S. The number of halogens is 1. The number of aryl methyl sites for hydroxylation is 1. The lowest BCUT2D eigenvalue weighted by Gasteiger charge is -2.05. The minimum absolute atomic E-state index is 0.0441. The third kappa shape index (κ3) is 2.60. The topological polar surface area (TPSA) is 95.2 Å². The fourth-order valence-electron chi connectivity index (χ4n) is 3.20. The van der Waals surface area contributed by atoms with Crippen LogP contribution < -0.4 is 0 Å². The summed E-state index contributed by atoms with van der Waals surface area (Å²) in [4.78, 5) is 11.8. The zero-order valence-electron chi connectivity index (χ0n) is 13.2. The Bertz CT molecular complexity index is 977. The van der Waals surface area contributed by atoms with Crippen LogP contribution in [-0.2, 0) is 14.6 Å². The van der Waals surface area contributed by atoms with Crippen LogP contribution in [0.3, 0.4) is 0 Å². The second-order valence-electron chi connectivity index (χ2n) is 6.09. The highest BCUT2D eigenvalue weighted by atomic mass is 35.5. The molecule has 2 aromatic rings. The third-order valence-corrected chi connectivity index (χ3v) is 7.08. The van der Waals surface area contributed by atoms with Gasteiger partial charge in [-0.1, -0.05) is 41.4 Å². The van der Waals surface area contributed by atoms with Gasteiger partial charge in [-0.05, 0) is 36.8 Å². The highest BCUT2D eigenvalue weighted by molar-refractivity contribution is 7.92. The van der Waals surface area contributed by atoms with Crippen molar-refractivity contribution in [1.82, 2.24) is 0 Å². The zero-order valence-corrected chi connectivity index (χ0v) is 14.8. The average molecular weight is 376 g/mol. The van der Waals surface area contributed by atoms with Gasteiger partial charge in [0.15, 0.2) is 15.3 Å². The summed E-state index contributed by atoms with van der Waals surface area (Å²) in [5.74, 6) is -2.35. The van der Waals surface area contributed by atoms with Crippen LogP contribution in [0, 0.1) is 23.7 Å². The molecule has 0 aromatic heterocycles. The molecule has 0 spiro atoms. The Morgan fingerprint density at radius 1 is 1.16 bits per heavy atom. The maximum Gasteiger partial charge on any atom is 0.326 e. The first-order chi connectivity index (χ1) is 11.7. The highest BCUT2D eigenvalue weighted by Gasteiger charge is 2.77. The molecule has 0 aliphatic heterocycles. The number of nitrogens with zero attached hydrogens (tertiary/aromatic N) is 1. The normalized spacial score (nSPS) is 25.2. The molecule has 1 fully saturated rings. The van der Waals surface area contributed by atoms with Crippen LogP contribution in [0.2, 0.25) is 5.02 Å². The SMILES string of the molecule is Cc1ccc([C@@H]2[C@H](S(=O)(=O)c3ccc(Cl)cc3)[C@@]2(C#N)C(=O)O)cc1. The van der Waals surface area contributed by atoms with Gasteiger partial charge in [-0.2, -0.15) is 5.26 Å². The van der Waals surface area contributed by atoms with Gasteiger partial charge >= 0.3 is 5.97 Å². The van der Waals surface area contributed by atoms with Gasteiger partial charge in [0.1, 0.15) is 5.25 Å². The molecule has 128 valence electrons. The fraction of sp³-hybridized carbons (Fsp3) is 0.222. The summed E-state index contributed by atoms with van der Waals surface area (Å²) in [5, 5.41) is 18.2. The average Bonchev–Trinajstić information content (AvgIpc) is 3.27. The second kappa shape index (κ2) is 5.87. The number of sulfone groups is 1. The first-order valence-electron chi connectivity index (χ1n) is 7.46. The number of hydrogen-bond acceptors (Lipinski definition) is 4. The Morgan fingerprint density at radius 3 is 2.20 bits per heavy atom. The minimum Gasteiger partial charge on any atom is -0.480 e. The Morgan fingerprint density at radius 2 is 1.72 bits per heavy atom. The van der Waals surface area contributed by atoms with Crippen LogP contribution in [0.1, 0.15) is 17.0 Å². The quantitative estimate of drug-likeness (QED) is 0.885. The predicted octanol–water partition coefficient (Wildman–Crippen LogP) is 3.18. The molecule has 3 rings (SSSR count). The van der Waals surface area contributed by atoms with Gasteiger partial charge in [0.05, 0.1) is 11.0 Å². The van der Waals surface area contributed by atoms with Gasteiger partial charge in [-0.15, -0.1) is 0 Å². The van der Waals surface area contributed by atoms with Crippen LogP contribution in [0.5, 0.6) is 0 Å². The van der Waals surface area contributed by atoms with E-state index in [-0.39, 0.29) is 4.90 Å². The summed E-state index contributed by atoms with van der Waals surface area (Å²) in [6, 6.07) is 14.1. The molecule has 1 saturated carbocycles. The smallest absolute Gasteiger partial charge is 0.326 e. The highest BCUT2D eigenvalue weighted by Crippen LogP contribution is 2.64. The van der Waals surface area contributed by atoms with Crippen molar-refractivity contribution in [2.24, 2.45) is 5.41 Å². The van der Waals surface area contributed by atoms with Crippen LogP contribution in [-0.4, -0.2) is 24.7 Å². The molecule has 0 radical (unpaired) electrons. The minimum atomic E-state index is -4.02. The van der Waals surface area contributed by atoms with Gasteiger partial charge in [0, 0.05) is 10.9 Å². The van der Waals surface area contributed by atoms with Crippen LogP contribution in [0.15, 0.2) is 53.4 Å². The van der Waals surface area contributed by atoms with Gasteiger partial charge in [0.25, 0.3) is 0 Å². The van der Waals surface area contributed by atoms with Crippen LogP contribution in [0.4, 0.5) is 0 Å². The predicted molar refractivity (Wildman–Crippen MR) is 92.0 cm³/mol. The maximum absolute atomic E-state index is 13.0. The number of rotatable bonds is 4. The van der Waals surface area contributed by atoms with E-state index in [1.165, 1.54) is 24.3 Å². The van der Waals surface area contributed by atoms with Crippen molar-refractivity contribution < 1.29 is 18.3 Å². The standard InChI is InChI=1S/C18H14ClNO4S/c1-11-2-4-12(5-3-11)15-16(18(15,10-20)17(21)22)25(23,24)14-8-6-13(19)7-9-14/h2-9,15-16H,1H3,(H,21,22)/t15-,16+,18+/m1/s1. The van der Waals surface area contributed by atoms with E-state index in [2.05, 4.69) is 0 Å². The lowest BCUT2D eigenvalue weighted by molar-refractivity contribution is -0.141. The molecule has 1 N–H and O–H groups in total. The lowest BCUT2D eigenvalue weighted by atomic mass is 10.00. The molecule has 0 amide bonds. The van der Waals surface area contributed by atoms with Crippen molar-refractivity contribution in [3.8, 4) is 6.07 Å². The summed E-state index contributed by atoms with van der Waals surface area (Å²) in [6.07, 6.45) is 0. The molecular weight excluding hydrogens is 362 g/mol. The summed E-state index contributed by atoms with van der Waals surface area (Å²) >= 11 is 5.79. The number of aliphatic carboxylic acids is 1. The van der Waals surface area contributed by atoms with E-state index in [0.29, 0.717) is 10.6 Å². The lowest BCUT2D eigenvalue weighted by Crippen LogP contribution is -2.22. The number of carboxylic acids is 1. The molecule has 3 atom stereocenters. The molecule has 7 heteroatoms. The van der Waals surface area contributed by atoms with Gasteiger partial charge in [-0.3, -0.25) is 4.79 Å². The Kier molecular flexibility index (Phi) is 4.10. The Hall–Kier alpha value is -2.36. The summed E-state index contributed by atoms with van der Waals surface area (Å²) < 4.78 is 26.0. The monoisotopic (exact) mass is 375 g/mol. The van der Waals surface area contributed by atoms with Crippen molar-refractivity contribution in [1.29, 1.82) is 5.26 Å². The fourth-order valence-corrected chi connectivity index (χ4v) is 5.57. The van der Waals surface area contributed by atoms with Crippen LogP contribution in [0.25, 0.3) is 0 Å². The molecule has 0 bridgehead atoms. The zero-order chi connectivity index (χ0) is 18.4. The molecule has 5 nitrogen and oxygen atoms in total. The molecule has 1 aliphatic rings. The number of nitriles is 1.